The number of hydrogen-bond donors (Lipinski definition) is 0. The maximum atomic E-state index is 4.57. The van der Waals surface area contributed by atoms with Crippen molar-refractivity contribution in [3.05, 3.63) is 66.7 Å². The van der Waals surface area contributed by atoms with Crippen molar-refractivity contribution in [2.75, 3.05) is 0 Å². The third-order valence-corrected chi connectivity index (χ3v) is 3.02. The highest BCUT2D eigenvalue weighted by Gasteiger charge is 2.08. The summed E-state index contributed by atoms with van der Waals surface area (Å²) in [6.07, 6.45) is 0. The first-order valence-electron chi connectivity index (χ1n) is 6.99. The van der Waals surface area contributed by atoms with Crippen LogP contribution in [0.25, 0.3) is 22.5 Å². The Morgan fingerprint density at radius 1 is 0.750 bits per heavy atom. The number of benzene rings is 2. The van der Waals surface area contributed by atoms with Gasteiger partial charge in [0, 0.05) is 12.6 Å². The van der Waals surface area contributed by atoms with Crippen LogP contribution in [-0.2, 0) is 7.05 Å². The molecular formula is C18H20N2. The van der Waals surface area contributed by atoms with Crippen LogP contribution in [0.3, 0.4) is 0 Å². The van der Waals surface area contributed by atoms with Crippen LogP contribution in [0.5, 0.6) is 0 Å². The van der Waals surface area contributed by atoms with Crippen LogP contribution in [0.15, 0.2) is 66.7 Å². The van der Waals surface area contributed by atoms with Gasteiger partial charge in [0.1, 0.15) is 0 Å². The minimum atomic E-state index is 1.01. The van der Waals surface area contributed by atoms with Crippen molar-refractivity contribution < 1.29 is 0 Å². The van der Waals surface area contributed by atoms with Crippen LogP contribution >= 0.6 is 0 Å². The van der Waals surface area contributed by atoms with Crippen LogP contribution in [-0.4, -0.2) is 9.78 Å². The van der Waals surface area contributed by atoms with Gasteiger partial charge in [-0.05, 0) is 11.6 Å². The number of nitrogens with zero attached hydrogens (tertiary/aromatic N) is 2. The predicted octanol–water partition coefficient (Wildman–Crippen LogP) is 4.78. The normalized spacial score (nSPS) is 9.75. The fraction of sp³-hybridized carbons (Fsp3) is 0.167. The summed E-state index contributed by atoms with van der Waals surface area (Å²) in [5.74, 6) is 0. The van der Waals surface area contributed by atoms with Crippen molar-refractivity contribution in [2.24, 2.45) is 7.05 Å². The third-order valence-electron chi connectivity index (χ3n) is 3.02. The second kappa shape index (κ2) is 6.71. The van der Waals surface area contributed by atoms with Gasteiger partial charge in [0.05, 0.1) is 11.4 Å². The molecule has 0 radical (unpaired) electrons. The number of aryl methyl sites for hydroxylation is 1. The molecule has 0 bridgehead atoms. The molecule has 0 saturated carbocycles. The van der Waals surface area contributed by atoms with Crippen LogP contribution in [0.4, 0.5) is 0 Å². The van der Waals surface area contributed by atoms with Gasteiger partial charge in [-0.3, -0.25) is 4.68 Å². The van der Waals surface area contributed by atoms with E-state index in [9.17, 15) is 0 Å². The Labute approximate surface area is 120 Å². The molecule has 0 amide bonds. The molecule has 1 heterocycles. The Hall–Kier alpha value is -2.35. The van der Waals surface area contributed by atoms with Crippen molar-refractivity contribution >= 4 is 0 Å². The molecule has 3 aromatic rings. The number of rotatable bonds is 2. The largest absolute Gasteiger partial charge is 0.267 e. The molecule has 0 aliphatic heterocycles. The first-order valence-corrected chi connectivity index (χ1v) is 6.99. The molecule has 2 nitrogen and oxygen atoms in total. The van der Waals surface area contributed by atoms with Gasteiger partial charge in [-0.15, -0.1) is 0 Å². The Balaban J connectivity index is 0.000000704. The van der Waals surface area contributed by atoms with Crippen molar-refractivity contribution in [3.63, 3.8) is 0 Å². The highest BCUT2D eigenvalue weighted by Crippen LogP contribution is 2.24. The second-order valence-corrected chi connectivity index (χ2v) is 4.27. The minimum Gasteiger partial charge on any atom is -0.267 e. The summed E-state index contributed by atoms with van der Waals surface area (Å²) < 4.78 is 1.93. The average Bonchev–Trinajstić information content (AvgIpc) is 2.93. The molecule has 1 aromatic heterocycles. The molecule has 102 valence electrons. The van der Waals surface area contributed by atoms with E-state index in [1.165, 1.54) is 5.56 Å². The van der Waals surface area contributed by atoms with Gasteiger partial charge in [-0.2, -0.15) is 5.10 Å². The molecule has 0 saturated heterocycles. The van der Waals surface area contributed by atoms with Crippen molar-refractivity contribution in [1.82, 2.24) is 9.78 Å². The van der Waals surface area contributed by atoms with Gasteiger partial charge < -0.3 is 0 Å². The van der Waals surface area contributed by atoms with E-state index in [4.69, 9.17) is 0 Å². The van der Waals surface area contributed by atoms with E-state index in [1.54, 1.807) is 0 Å². The molecule has 20 heavy (non-hydrogen) atoms. The van der Waals surface area contributed by atoms with Gasteiger partial charge in [0.25, 0.3) is 0 Å². The molecule has 0 spiro atoms. The lowest BCUT2D eigenvalue weighted by atomic mass is 10.1. The molecule has 3 rings (SSSR count). The van der Waals surface area contributed by atoms with E-state index in [-0.39, 0.29) is 0 Å². The summed E-state index contributed by atoms with van der Waals surface area (Å²) in [7, 11) is 1.98. The van der Waals surface area contributed by atoms with E-state index < -0.39 is 0 Å². The predicted molar refractivity (Wildman–Crippen MR) is 85.4 cm³/mol. The van der Waals surface area contributed by atoms with Gasteiger partial charge >= 0.3 is 0 Å². The Bertz CT molecular complexity index is 640. The van der Waals surface area contributed by atoms with Gasteiger partial charge in [-0.1, -0.05) is 74.5 Å². The van der Waals surface area contributed by atoms with E-state index in [1.807, 2.05) is 62.0 Å². The molecule has 0 atom stereocenters. The Morgan fingerprint density at radius 3 is 1.80 bits per heavy atom. The average molecular weight is 264 g/mol. The van der Waals surface area contributed by atoms with Crippen molar-refractivity contribution in [2.45, 2.75) is 13.8 Å². The highest BCUT2D eigenvalue weighted by molar-refractivity contribution is 5.68. The first-order chi connectivity index (χ1) is 9.84. The van der Waals surface area contributed by atoms with Crippen LogP contribution in [0.1, 0.15) is 13.8 Å². The lowest BCUT2D eigenvalue weighted by Gasteiger charge is -1.99. The molecule has 0 aliphatic rings. The summed E-state index contributed by atoms with van der Waals surface area (Å²) in [5, 5.41) is 4.57. The molecule has 2 aromatic carbocycles. The van der Waals surface area contributed by atoms with E-state index >= 15 is 0 Å². The summed E-state index contributed by atoms with van der Waals surface area (Å²) in [6.45, 7) is 4.00. The first kappa shape index (κ1) is 14.1. The quantitative estimate of drug-likeness (QED) is 0.651. The molecular weight excluding hydrogens is 244 g/mol. The lowest BCUT2D eigenvalue weighted by Crippen LogP contribution is -1.93. The SMILES string of the molecule is CC.Cn1nc(-c2ccccc2)cc1-c1ccccc1. The summed E-state index contributed by atoms with van der Waals surface area (Å²) >= 11 is 0. The fourth-order valence-electron chi connectivity index (χ4n) is 2.10. The monoisotopic (exact) mass is 264 g/mol. The topological polar surface area (TPSA) is 17.8 Å². The summed E-state index contributed by atoms with van der Waals surface area (Å²) in [6, 6.07) is 22.7. The zero-order valence-electron chi connectivity index (χ0n) is 12.2. The van der Waals surface area contributed by atoms with Crippen molar-refractivity contribution in [3.8, 4) is 22.5 Å². The van der Waals surface area contributed by atoms with E-state index in [0.717, 1.165) is 17.0 Å². The third kappa shape index (κ3) is 2.97. The van der Waals surface area contributed by atoms with Crippen LogP contribution in [0.2, 0.25) is 0 Å². The summed E-state index contributed by atoms with van der Waals surface area (Å²) in [4.78, 5) is 0. The summed E-state index contributed by atoms with van der Waals surface area (Å²) in [5.41, 5.74) is 4.48. The second-order valence-electron chi connectivity index (χ2n) is 4.27. The maximum Gasteiger partial charge on any atom is 0.0929 e. The molecule has 2 heteroatoms. The smallest absolute Gasteiger partial charge is 0.0929 e. The molecule has 0 aliphatic carbocycles. The van der Waals surface area contributed by atoms with E-state index in [2.05, 4.69) is 35.4 Å². The highest BCUT2D eigenvalue weighted by atomic mass is 15.3. The van der Waals surface area contributed by atoms with Gasteiger partial charge in [0.2, 0.25) is 0 Å². The Morgan fingerprint density at radius 2 is 1.25 bits per heavy atom. The lowest BCUT2D eigenvalue weighted by molar-refractivity contribution is 0.779. The molecule has 0 N–H and O–H groups in total. The van der Waals surface area contributed by atoms with Gasteiger partial charge in [0.15, 0.2) is 0 Å². The number of aromatic nitrogens is 2. The zero-order valence-corrected chi connectivity index (χ0v) is 12.2. The van der Waals surface area contributed by atoms with Crippen molar-refractivity contribution in [1.29, 1.82) is 0 Å². The van der Waals surface area contributed by atoms with E-state index in [0.29, 0.717) is 0 Å². The molecule has 0 fully saturated rings. The van der Waals surface area contributed by atoms with Gasteiger partial charge in [-0.25, -0.2) is 0 Å². The number of hydrogen-bond acceptors (Lipinski definition) is 1. The Kier molecular flexibility index (Phi) is 4.72. The molecule has 0 unspecified atom stereocenters. The zero-order chi connectivity index (χ0) is 14.4. The standard InChI is InChI=1S/C16H14N2.C2H6/c1-18-16(14-10-6-3-7-11-14)12-15(17-18)13-8-4-2-5-9-13;1-2/h2-12H,1H3;1-2H3. The fourth-order valence-corrected chi connectivity index (χ4v) is 2.10. The van der Waals surface area contributed by atoms with Crippen LogP contribution < -0.4 is 0 Å². The van der Waals surface area contributed by atoms with Crippen LogP contribution in [0, 0.1) is 0 Å². The maximum absolute atomic E-state index is 4.57. The minimum absolute atomic E-state index is 1.01.